The predicted molar refractivity (Wildman–Crippen MR) is 137 cm³/mol. The van der Waals surface area contributed by atoms with Gasteiger partial charge in [-0.2, -0.15) is 8.78 Å². The Kier molecular flexibility index (Phi) is 8.83. The van der Waals surface area contributed by atoms with Crippen LogP contribution < -0.4 is 14.8 Å². The number of hydrogen-bond donors (Lipinski definition) is 2. The summed E-state index contributed by atoms with van der Waals surface area (Å²) >= 11 is 0. The average molecular weight is 583 g/mol. The maximum Gasteiger partial charge on any atom is 0.221 e. The highest BCUT2D eigenvalue weighted by atomic mass is 19.2. The molecule has 4 rings (SSSR count). The Morgan fingerprint density at radius 2 is 1.34 bits per heavy atom. The molecule has 3 aromatic rings. The minimum absolute atomic E-state index is 0.0455. The van der Waals surface area contributed by atoms with Crippen molar-refractivity contribution in [3.63, 3.8) is 0 Å². The number of benzene rings is 3. The summed E-state index contributed by atoms with van der Waals surface area (Å²) in [5, 5.41) is 14.6. The lowest BCUT2D eigenvalue weighted by atomic mass is 9.71. The van der Waals surface area contributed by atoms with Crippen LogP contribution in [0, 0.1) is 40.8 Å². The maximum atomic E-state index is 15.4. The van der Waals surface area contributed by atoms with Crippen molar-refractivity contribution in [2.24, 2.45) is 5.92 Å². The molecule has 0 radical (unpaired) electrons. The highest BCUT2D eigenvalue weighted by Gasteiger charge is 2.48. The van der Waals surface area contributed by atoms with Crippen molar-refractivity contribution in [2.45, 2.75) is 31.9 Å². The molecule has 0 saturated carbocycles. The summed E-state index contributed by atoms with van der Waals surface area (Å²) in [6.45, 7) is 2.38. The number of hydrogen-bond acceptors (Lipinski definition) is 5. The van der Waals surface area contributed by atoms with Crippen LogP contribution in [0.4, 0.5) is 32.0 Å². The summed E-state index contributed by atoms with van der Waals surface area (Å²) in [6.07, 6.45) is 0.0911. The highest BCUT2D eigenvalue weighted by molar-refractivity contribution is 5.88. The maximum absolute atomic E-state index is 15.4. The van der Waals surface area contributed by atoms with Crippen LogP contribution in [0.5, 0.6) is 11.5 Å². The lowest BCUT2D eigenvalue weighted by molar-refractivity contribution is -0.114. The number of likely N-dealkylation sites (tertiary alicyclic amines) is 1. The van der Waals surface area contributed by atoms with Crippen LogP contribution in [0.2, 0.25) is 0 Å². The Labute approximate surface area is 232 Å². The number of aliphatic hydroxyl groups is 1. The molecule has 1 amide bonds. The van der Waals surface area contributed by atoms with Crippen LogP contribution in [0.15, 0.2) is 36.4 Å². The van der Waals surface area contributed by atoms with Gasteiger partial charge in [-0.1, -0.05) is 12.1 Å². The molecule has 2 N–H and O–H groups in total. The number of nitrogens with one attached hydrogen (secondary N) is 1. The second-order valence-electron chi connectivity index (χ2n) is 9.83. The van der Waals surface area contributed by atoms with E-state index in [-0.39, 0.29) is 31.8 Å². The number of rotatable bonds is 8. The number of amides is 1. The molecule has 220 valence electrons. The molecule has 1 aliphatic rings. The molecule has 0 spiro atoms. The van der Waals surface area contributed by atoms with Crippen molar-refractivity contribution in [3.8, 4) is 11.5 Å². The standard InChI is InChI=1S/C29H28F6N2O4/c1-15(38)36-18-6-4-16(5-7-18)14-37-10-8-17(9-11-37)29(39,19-12-21(30)27(40-2)25(34)23(19)32)20-13-22(31)28(41-3)26(35)24(20)33/h4-7,12-13,17,39H,8-11,14H2,1-3H3,(H,36,38). The molecule has 1 heterocycles. The number of nitrogens with zero attached hydrogens (tertiary/aromatic N) is 1. The van der Waals surface area contributed by atoms with E-state index in [0.29, 0.717) is 24.4 Å². The van der Waals surface area contributed by atoms with Gasteiger partial charge in [0.05, 0.1) is 14.2 Å². The summed E-state index contributed by atoms with van der Waals surface area (Å²) < 4.78 is 98.9. The normalized spacial score (nSPS) is 14.7. The van der Waals surface area contributed by atoms with E-state index in [0.717, 1.165) is 19.8 Å². The van der Waals surface area contributed by atoms with E-state index >= 15 is 8.78 Å². The van der Waals surface area contributed by atoms with Crippen molar-refractivity contribution in [2.75, 3.05) is 32.6 Å². The third-order valence-corrected chi connectivity index (χ3v) is 7.32. The van der Waals surface area contributed by atoms with E-state index in [2.05, 4.69) is 14.8 Å². The molecule has 0 aromatic heterocycles. The van der Waals surface area contributed by atoms with E-state index in [9.17, 15) is 27.5 Å². The molecule has 1 aliphatic heterocycles. The number of halogens is 6. The molecule has 1 saturated heterocycles. The third kappa shape index (κ3) is 5.71. The van der Waals surface area contributed by atoms with Crippen LogP contribution in [-0.2, 0) is 16.9 Å². The van der Waals surface area contributed by atoms with Gasteiger partial charge >= 0.3 is 0 Å². The first-order chi connectivity index (χ1) is 19.4. The van der Waals surface area contributed by atoms with Crippen molar-refractivity contribution < 1.29 is 45.7 Å². The highest BCUT2D eigenvalue weighted by Crippen LogP contribution is 2.47. The smallest absolute Gasteiger partial charge is 0.221 e. The number of carbonyl (C=O) groups excluding carboxylic acids is 1. The molecule has 41 heavy (non-hydrogen) atoms. The summed E-state index contributed by atoms with van der Waals surface area (Å²) in [5.74, 6) is -13.3. The van der Waals surface area contributed by atoms with E-state index in [1.165, 1.54) is 6.92 Å². The second kappa shape index (κ2) is 12.0. The van der Waals surface area contributed by atoms with Gasteiger partial charge in [-0.05, 0) is 61.7 Å². The Hall–Kier alpha value is -3.77. The minimum atomic E-state index is -2.87. The van der Waals surface area contributed by atoms with Crippen molar-refractivity contribution >= 4 is 11.6 Å². The van der Waals surface area contributed by atoms with Gasteiger partial charge < -0.3 is 19.9 Å². The number of methoxy groups -OCH3 is 2. The number of ether oxygens (including phenoxy) is 2. The number of piperidine rings is 1. The average Bonchev–Trinajstić information content (AvgIpc) is 2.94. The Morgan fingerprint density at radius 1 is 0.878 bits per heavy atom. The largest absolute Gasteiger partial charge is 0.491 e. The molecule has 3 aromatic carbocycles. The molecule has 0 aliphatic carbocycles. The zero-order valence-corrected chi connectivity index (χ0v) is 22.5. The molecule has 0 unspecified atom stereocenters. The lowest BCUT2D eigenvalue weighted by Crippen LogP contribution is -2.45. The summed E-state index contributed by atoms with van der Waals surface area (Å²) in [4.78, 5) is 13.2. The summed E-state index contributed by atoms with van der Waals surface area (Å²) in [7, 11) is 1.81. The monoisotopic (exact) mass is 582 g/mol. The van der Waals surface area contributed by atoms with Gasteiger partial charge in [-0.15, -0.1) is 0 Å². The Balaban J connectivity index is 1.71. The fourth-order valence-electron chi connectivity index (χ4n) is 5.33. The molecule has 6 nitrogen and oxygen atoms in total. The van der Waals surface area contributed by atoms with Gasteiger partial charge in [-0.25, -0.2) is 17.6 Å². The van der Waals surface area contributed by atoms with Crippen molar-refractivity contribution in [3.05, 3.63) is 88.0 Å². The van der Waals surface area contributed by atoms with Crippen molar-refractivity contribution in [1.29, 1.82) is 0 Å². The third-order valence-electron chi connectivity index (χ3n) is 7.32. The van der Waals surface area contributed by atoms with Gasteiger partial charge in [0.25, 0.3) is 0 Å². The lowest BCUT2D eigenvalue weighted by Gasteiger charge is -2.42. The van der Waals surface area contributed by atoms with Gasteiger partial charge in [0.2, 0.25) is 17.5 Å². The molecule has 12 heteroatoms. The number of carbonyl (C=O) groups is 1. The molecule has 0 bridgehead atoms. The first-order valence-corrected chi connectivity index (χ1v) is 12.7. The van der Waals surface area contributed by atoms with Crippen LogP contribution in [0.3, 0.4) is 0 Å². The SMILES string of the molecule is COc1c(F)cc(C(O)(c2cc(F)c(OC)c(F)c2F)C2CCN(Cc3ccc(NC(C)=O)cc3)CC2)c(F)c1F. The van der Waals surface area contributed by atoms with Gasteiger partial charge in [0.15, 0.2) is 34.8 Å². The van der Waals surface area contributed by atoms with Gasteiger partial charge in [-0.3, -0.25) is 9.69 Å². The Morgan fingerprint density at radius 3 is 1.76 bits per heavy atom. The van der Waals surface area contributed by atoms with Gasteiger partial charge in [0, 0.05) is 30.3 Å². The summed E-state index contributed by atoms with van der Waals surface area (Å²) in [6, 6.07) is 7.97. The first kappa shape index (κ1) is 30.2. The number of anilines is 1. The molecular weight excluding hydrogens is 554 g/mol. The zero-order valence-electron chi connectivity index (χ0n) is 22.5. The van der Waals surface area contributed by atoms with Crippen LogP contribution in [0.1, 0.15) is 36.5 Å². The van der Waals surface area contributed by atoms with Gasteiger partial charge in [0.1, 0.15) is 5.60 Å². The minimum Gasteiger partial charge on any atom is -0.491 e. The molecule has 0 atom stereocenters. The first-order valence-electron chi connectivity index (χ1n) is 12.7. The fourth-order valence-corrected chi connectivity index (χ4v) is 5.33. The molecule has 1 fully saturated rings. The second-order valence-corrected chi connectivity index (χ2v) is 9.83. The van der Waals surface area contributed by atoms with Crippen LogP contribution in [0.25, 0.3) is 0 Å². The molecular formula is C29H28F6N2O4. The zero-order chi connectivity index (χ0) is 30.1. The van der Waals surface area contributed by atoms with E-state index < -0.39 is 69.0 Å². The predicted octanol–water partition coefficient (Wildman–Crippen LogP) is 5.64. The quantitative estimate of drug-likeness (QED) is 0.266. The topological polar surface area (TPSA) is 71.0 Å². The van der Waals surface area contributed by atoms with Crippen molar-refractivity contribution in [1.82, 2.24) is 4.90 Å². The van der Waals surface area contributed by atoms with E-state index in [4.69, 9.17) is 0 Å². The summed E-state index contributed by atoms with van der Waals surface area (Å²) in [5.41, 5.74) is -3.41. The fraction of sp³-hybridized carbons (Fsp3) is 0.345. The van der Waals surface area contributed by atoms with E-state index in [1.807, 2.05) is 17.0 Å². The van der Waals surface area contributed by atoms with Crippen LogP contribution in [-0.4, -0.2) is 43.2 Å². The van der Waals surface area contributed by atoms with E-state index in [1.54, 1.807) is 12.1 Å². The Bertz CT molecular complexity index is 1380. The van der Waals surface area contributed by atoms with Crippen LogP contribution >= 0.6 is 0 Å².